The zero-order valence-corrected chi connectivity index (χ0v) is 12.0. The Hall–Kier alpha value is -2.14. The maximum Gasteiger partial charge on any atom is 0.251 e. The van der Waals surface area contributed by atoms with E-state index in [1.165, 1.54) is 11.1 Å². The molecule has 1 aliphatic heterocycles. The van der Waals surface area contributed by atoms with Gasteiger partial charge < -0.3 is 15.2 Å². The molecule has 0 atom stereocenters. The minimum atomic E-state index is 0.0207. The molecule has 110 valence electrons. The fourth-order valence-electron chi connectivity index (χ4n) is 2.58. The fraction of sp³-hybridized carbons (Fsp3) is 0.375. The molecule has 0 unspecified atom stereocenters. The molecule has 0 fully saturated rings. The highest BCUT2D eigenvalue weighted by Gasteiger charge is 2.12. The number of aromatic nitrogens is 2. The molecule has 0 saturated carbocycles. The van der Waals surface area contributed by atoms with E-state index >= 15 is 0 Å². The van der Waals surface area contributed by atoms with Crippen LogP contribution in [0.5, 0.6) is 0 Å². The van der Waals surface area contributed by atoms with Crippen molar-refractivity contribution in [2.75, 3.05) is 6.54 Å². The van der Waals surface area contributed by atoms with Crippen LogP contribution < -0.4 is 10.6 Å². The SMILES string of the molecule is O=C(NCCCCn1ccnc1)c1ccc2c(c1)CNC2. The van der Waals surface area contributed by atoms with Gasteiger partial charge >= 0.3 is 0 Å². The predicted octanol–water partition coefficient (Wildman–Crippen LogP) is 1.70. The van der Waals surface area contributed by atoms with Crippen LogP contribution in [0.25, 0.3) is 0 Å². The maximum absolute atomic E-state index is 12.1. The quantitative estimate of drug-likeness (QED) is 0.794. The second kappa shape index (κ2) is 6.54. The average molecular weight is 284 g/mol. The average Bonchev–Trinajstić information content (AvgIpc) is 3.17. The van der Waals surface area contributed by atoms with Gasteiger partial charge in [-0.25, -0.2) is 4.98 Å². The highest BCUT2D eigenvalue weighted by Crippen LogP contribution is 2.16. The van der Waals surface area contributed by atoms with E-state index in [0.717, 1.165) is 38.0 Å². The molecule has 0 spiro atoms. The van der Waals surface area contributed by atoms with Gasteiger partial charge in [-0.15, -0.1) is 0 Å². The largest absolute Gasteiger partial charge is 0.352 e. The molecule has 0 radical (unpaired) electrons. The second-order valence-electron chi connectivity index (χ2n) is 5.35. The Kier molecular flexibility index (Phi) is 4.31. The van der Waals surface area contributed by atoms with Crippen LogP contribution >= 0.6 is 0 Å². The van der Waals surface area contributed by atoms with E-state index < -0.39 is 0 Å². The number of nitrogens with one attached hydrogen (secondary N) is 2. The molecule has 1 aromatic heterocycles. The van der Waals surface area contributed by atoms with E-state index in [0.29, 0.717) is 6.54 Å². The van der Waals surface area contributed by atoms with Gasteiger partial charge in [0, 0.05) is 44.1 Å². The number of benzene rings is 1. The molecule has 0 aliphatic carbocycles. The van der Waals surface area contributed by atoms with Crippen LogP contribution in [-0.2, 0) is 19.6 Å². The van der Waals surface area contributed by atoms with Crippen molar-refractivity contribution in [2.24, 2.45) is 0 Å². The summed E-state index contributed by atoms with van der Waals surface area (Å²) in [6.45, 7) is 3.43. The summed E-state index contributed by atoms with van der Waals surface area (Å²) in [5, 5.41) is 6.27. The highest BCUT2D eigenvalue weighted by atomic mass is 16.1. The molecule has 1 aromatic carbocycles. The van der Waals surface area contributed by atoms with Gasteiger partial charge in [0.15, 0.2) is 0 Å². The zero-order chi connectivity index (χ0) is 14.5. The monoisotopic (exact) mass is 284 g/mol. The molecular formula is C16H20N4O. The topological polar surface area (TPSA) is 59.0 Å². The van der Waals surface area contributed by atoms with Crippen molar-refractivity contribution in [3.63, 3.8) is 0 Å². The lowest BCUT2D eigenvalue weighted by Crippen LogP contribution is -2.24. The number of unbranched alkanes of at least 4 members (excludes halogenated alkanes) is 1. The summed E-state index contributed by atoms with van der Waals surface area (Å²) in [6, 6.07) is 5.95. The van der Waals surface area contributed by atoms with Gasteiger partial charge in [-0.3, -0.25) is 4.79 Å². The highest BCUT2D eigenvalue weighted by molar-refractivity contribution is 5.94. The molecule has 2 heterocycles. The summed E-state index contributed by atoms with van der Waals surface area (Å²) in [5.41, 5.74) is 3.29. The van der Waals surface area contributed by atoms with E-state index in [9.17, 15) is 4.79 Å². The smallest absolute Gasteiger partial charge is 0.251 e. The van der Waals surface area contributed by atoms with Crippen molar-refractivity contribution in [1.29, 1.82) is 0 Å². The number of carbonyl (C=O) groups excluding carboxylic acids is 1. The maximum atomic E-state index is 12.1. The first-order chi connectivity index (χ1) is 10.3. The van der Waals surface area contributed by atoms with Crippen LogP contribution in [0.2, 0.25) is 0 Å². The molecule has 2 aromatic rings. The number of imidazole rings is 1. The lowest BCUT2D eigenvalue weighted by Gasteiger charge is -2.07. The van der Waals surface area contributed by atoms with Crippen molar-refractivity contribution < 1.29 is 4.79 Å². The number of rotatable bonds is 6. The number of nitrogens with zero attached hydrogens (tertiary/aromatic N) is 2. The molecule has 1 amide bonds. The van der Waals surface area contributed by atoms with Crippen LogP contribution in [0, 0.1) is 0 Å². The van der Waals surface area contributed by atoms with E-state index in [1.54, 1.807) is 6.20 Å². The summed E-state index contributed by atoms with van der Waals surface area (Å²) in [5.74, 6) is 0.0207. The summed E-state index contributed by atoms with van der Waals surface area (Å²) < 4.78 is 2.05. The third-order valence-electron chi connectivity index (χ3n) is 3.79. The van der Waals surface area contributed by atoms with Crippen LogP contribution in [-0.4, -0.2) is 22.0 Å². The van der Waals surface area contributed by atoms with E-state index in [1.807, 2.05) is 30.7 Å². The Morgan fingerprint density at radius 1 is 1.29 bits per heavy atom. The van der Waals surface area contributed by atoms with Gasteiger partial charge in [0.2, 0.25) is 0 Å². The first-order valence-corrected chi connectivity index (χ1v) is 7.39. The third kappa shape index (κ3) is 3.49. The Morgan fingerprint density at radius 2 is 2.19 bits per heavy atom. The zero-order valence-electron chi connectivity index (χ0n) is 12.0. The molecule has 21 heavy (non-hydrogen) atoms. The van der Waals surface area contributed by atoms with Gasteiger partial charge in [-0.2, -0.15) is 0 Å². The first kappa shape index (κ1) is 13.8. The van der Waals surface area contributed by atoms with E-state index in [4.69, 9.17) is 0 Å². The molecular weight excluding hydrogens is 264 g/mol. The van der Waals surface area contributed by atoms with Crippen molar-refractivity contribution >= 4 is 5.91 Å². The lowest BCUT2D eigenvalue weighted by atomic mass is 10.1. The summed E-state index contributed by atoms with van der Waals surface area (Å²) in [6.07, 6.45) is 7.56. The minimum absolute atomic E-state index is 0.0207. The Morgan fingerprint density at radius 3 is 3.05 bits per heavy atom. The molecule has 2 N–H and O–H groups in total. The van der Waals surface area contributed by atoms with Gasteiger partial charge in [0.05, 0.1) is 6.33 Å². The standard InChI is InChI=1S/C16H20N4O/c21-16(13-3-4-14-10-18-11-15(14)9-13)19-5-1-2-7-20-8-6-17-12-20/h3-4,6,8-9,12,18H,1-2,5,7,10-11H2,(H,19,21). The first-order valence-electron chi connectivity index (χ1n) is 7.39. The molecule has 5 heteroatoms. The lowest BCUT2D eigenvalue weighted by molar-refractivity contribution is 0.0953. The number of aryl methyl sites for hydroxylation is 1. The number of fused-ring (bicyclic) bond motifs is 1. The molecule has 1 aliphatic rings. The molecule has 5 nitrogen and oxygen atoms in total. The molecule has 0 saturated heterocycles. The van der Waals surface area contributed by atoms with Crippen LogP contribution in [0.4, 0.5) is 0 Å². The van der Waals surface area contributed by atoms with Crippen molar-refractivity contribution in [3.8, 4) is 0 Å². The molecule has 0 bridgehead atoms. The summed E-state index contributed by atoms with van der Waals surface area (Å²) >= 11 is 0. The van der Waals surface area contributed by atoms with Crippen LogP contribution in [0.15, 0.2) is 36.9 Å². The number of hydrogen-bond donors (Lipinski definition) is 2. The Balaban J connectivity index is 1.42. The van der Waals surface area contributed by atoms with Crippen LogP contribution in [0.1, 0.15) is 34.3 Å². The number of hydrogen-bond acceptors (Lipinski definition) is 3. The van der Waals surface area contributed by atoms with Gasteiger partial charge in [-0.05, 0) is 36.1 Å². The minimum Gasteiger partial charge on any atom is -0.352 e. The van der Waals surface area contributed by atoms with Crippen molar-refractivity contribution in [3.05, 3.63) is 53.6 Å². The predicted molar refractivity (Wildman–Crippen MR) is 80.8 cm³/mol. The Labute approximate surface area is 124 Å². The fourth-order valence-corrected chi connectivity index (χ4v) is 2.58. The summed E-state index contributed by atoms with van der Waals surface area (Å²) in [4.78, 5) is 16.1. The summed E-state index contributed by atoms with van der Waals surface area (Å²) in [7, 11) is 0. The normalized spacial score (nSPS) is 13.1. The van der Waals surface area contributed by atoms with E-state index in [2.05, 4.69) is 20.2 Å². The van der Waals surface area contributed by atoms with Gasteiger partial charge in [-0.1, -0.05) is 6.07 Å². The van der Waals surface area contributed by atoms with Crippen molar-refractivity contribution in [2.45, 2.75) is 32.5 Å². The molecule has 3 rings (SSSR count). The van der Waals surface area contributed by atoms with Gasteiger partial charge in [0.1, 0.15) is 0 Å². The Bertz CT molecular complexity index is 607. The number of carbonyl (C=O) groups is 1. The number of amides is 1. The van der Waals surface area contributed by atoms with Crippen molar-refractivity contribution in [1.82, 2.24) is 20.2 Å². The van der Waals surface area contributed by atoms with Crippen LogP contribution in [0.3, 0.4) is 0 Å². The second-order valence-corrected chi connectivity index (χ2v) is 5.35. The third-order valence-corrected chi connectivity index (χ3v) is 3.79. The van der Waals surface area contributed by atoms with E-state index in [-0.39, 0.29) is 5.91 Å². The van der Waals surface area contributed by atoms with Gasteiger partial charge in [0.25, 0.3) is 5.91 Å².